The van der Waals surface area contributed by atoms with Crippen molar-refractivity contribution in [3.63, 3.8) is 0 Å². The van der Waals surface area contributed by atoms with Gasteiger partial charge in [-0.15, -0.1) is 0 Å². The van der Waals surface area contributed by atoms with E-state index in [1.165, 1.54) is 25.7 Å². The minimum Gasteiger partial charge on any atom is -0.394 e. The first-order valence-electron chi connectivity index (χ1n) is 7.29. The molecule has 0 aromatic carbocycles. The summed E-state index contributed by atoms with van der Waals surface area (Å²) in [6.45, 7) is 5.08. The quantitative estimate of drug-likeness (QED) is 0.870. The van der Waals surface area contributed by atoms with Crippen molar-refractivity contribution in [1.82, 2.24) is 9.78 Å². The van der Waals surface area contributed by atoms with Crippen LogP contribution in [0.2, 0.25) is 0 Å². The van der Waals surface area contributed by atoms with Gasteiger partial charge in [-0.1, -0.05) is 19.8 Å². The second-order valence-electron chi connectivity index (χ2n) is 5.38. The zero-order valence-corrected chi connectivity index (χ0v) is 13.1. The van der Waals surface area contributed by atoms with E-state index < -0.39 is 0 Å². The van der Waals surface area contributed by atoms with Crippen LogP contribution in [0.1, 0.15) is 44.7 Å². The van der Waals surface area contributed by atoms with Crippen molar-refractivity contribution in [2.45, 2.75) is 63.8 Å². The number of thioether (sulfide) groups is 1. The number of aryl methyl sites for hydroxylation is 2. The summed E-state index contributed by atoms with van der Waals surface area (Å²) in [5, 5.41) is 8.91. The standard InChI is InChI=1S/C14H26N4S/c1-4-9-18-14(13(15)10(2)17-18)16-11-7-5-6-8-12(11)19-3/h11-12,16H,4-9,15H2,1-3H3. The molecule has 0 radical (unpaired) electrons. The topological polar surface area (TPSA) is 55.9 Å². The highest BCUT2D eigenvalue weighted by Crippen LogP contribution is 2.32. The Balaban J connectivity index is 2.16. The fourth-order valence-corrected chi connectivity index (χ4v) is 3.78. The third-order valence-electron chi connectivity index (χ3n) is 3.94. The van der Waals surface area contributed by atoms with E-state index in [0.717, 1.165) is 30.2 Å². The summed E-state index contributed by atoms with van der Waals surface area (Å²) in [5.41, 5.74) is 7.94. The van der Waals surface area contributed by atoms with Gasteiger partial charge < -0.3 is 11.1 Å². The molecule has 1 fully saturated rings. The highest BCUT2D eigenvalue weighted by atomic mass is 32.2. The lowest BCUT2D eigenvalue weighted by atomic mass is 9.95. The van der Waals surface area contributed by atoms with Gasteiger partial charge in [-0.05, 0) is 32.4 Å². The monoisotopic (exact) mass is 282 g/mol. The molecular formula is C14H26N4S. The molecular weight excluding hydrogens is 256 g/mol. The zero-order chi connectivity index (χ0) is 13.8. The largest absolute Gasteiger partial charge is 0.394 e. The van der Waals surface area contributed by atoms with E-state index in [-0.39, 0.29) is 0 Å². The summed E-state index contributed by atoms with van der Waals surface area (Å²) >= 11 is 1.97. The number of hydrogen-bond donors (Lipinski definition) is 2. The molecule has 108 valence electrons. The van der Waals surface area contributed by atoms with Gasteiger partial charge in [0.15, 0.2) is 0 Å². The molecule has 0 aliphatic heterocycles. The molecule has 1 aromatic rings. The molecule has 0 bridgehead atoms. The number of rotatable bonds is 5. The molecule has 2 unspecified atom stereocenters. The van der Waals surface area contributed by atoms with Crippen LogP contribution in [-0.4, -0.2) is 27.3 Å². The average molecular weight is 282 g/mol. The third kappa shape index (κ3) is 3.19. The first kappa shape index (κ1) is 14.6. The summed E-state index contributed by atoms with van der Waals surface area (Å²) in [5.74, 6) is 1.03. The summed E-state index contributed by atoms with van der Waals surface area (Å²) in [4.78, 5) is 0. The van der Waals surface area contributed by atoms with Crippen LogP contribution in [-0.2, 0) is 6.54 Å². The van der Waals surface area contributed by atoms with Crippen molar-refractivity contribution in [3.8, 4) is 0 Å². The zero-order valence-electron chi connectivity index (χ0n) is 12.3. The fourth-order valence-electron chi connectivity index (χ4n) is 2.84. The molecule has 1 saturated carbocycles. The van der Waals surface area contributed by atoms with E-state index in [9.17, 15) is 0 Å². The van der Waals surface area contributed by atoms with Crippen LogP contribution in [0, 0.1) is 6.92 Å². The van der Waals surface area contributed by atoms with E-state index in [1.807, 2.05) is 23.4 Å². The van der Waals surface area contributed by atoms with Crippen LogP contribution in [0.15, 0.2) is 0 Å². The summed E-state index contributed by atoms with van der Waals surface area (Å²) < 4.78 is 2.04. The molecule has 1 heterocycles. The van der Waals surface area contributed by atoms with Crippen LogP contribution >= 0.6 is 11.8 Å². The highest BCUT2D eigenvalue weighted by molar-refractivity contribution is 7.99. The maximum Gasteiger partial charge on any atom is 0.148 e. The summed E-state index contributed by atoms with van der Waals surface area (Å²) in [6.07, 6.45) is 8.50. The molecule has 2 atom stereocenters. The van der Waals surface area contributed by atoms with Crippen molar-refractivity contribution in [1.29, 1.82) is 0 Å². The minimum absolute atomic E-state index is 0.526. The number of nitrogen functional groups attached to an aromatic ring is 1. The van der Waals surface area contributed by atoms with Crippen molar-refractivity contribution >= 4 is 23.3 Å². The molecule has 1 aliphatic carbocycles. The van der Waals surface area contributed by atoms with Gasteiger partial charge >= 0.3 is 0 Å². The van der Waals surface area contributed by atoms with Crippen LogP contribution in [0.4, 0.5) is 11.5 Å². The molecule has 0 saturated heterocycles. The lowest BCUT2D eigenvalue weighted by molar-refractivity contribution is 0.470. The average Bonchev–Trinajstić information content (AvgIpc) is 2.68. The molecule has 1 aromatic heterocycles. The highest BCUT2D eigenvalue weighted by Gasteiger charge is 2.26. The van der Waals surface area contributed by atoms with Gasteiger partial charge in [-0.25, -0.2) is 4.68 Å². The summed E-state index contributed by atoms with van der Waals surface area (Å²) in [6, 6.07) is 0.526. The van der Waals surface area contributed by atoms with E-state index in [0.29, 0.717) is 11.3 Å². The number of aromatic nitrogens is 2. The Hall–Kier alpha value is -0.840. The Labute approximate surface area is 120 Å². The molecule has 1 aliphatic rings. The number of nitrogens with zero attached hydrogens (tertiary/aromatic N) is 2. The lowest BCUT2D eigenvalue weighted by Gasteiger charge is -2.32. The normalized spacial score (nSPS) is 23.5. The van der Waals surface area contributed by atoms with Crippen molar-refractivity contribution < 1.29 is 0 Å². The molecule has 5 heteroatoms. The minimum atomic E-state index is 0.526. The Morgan fingerprint density at radius 3 is 2.84 bits per heavy atom. The predicted octanol–water partition coefficient (Wildman–Crippen LogP) is 3.27. The number of anilines is 2. The van der Waals surface area contributed by atoms with Crippen LogP contribution in [0.5, 0.6) is 0 Å². The van der Waals surface area contributed by atoms with E-state index in [4.69, 9.17) is 5.73 Å². The van der Waals surface area contributed by atoms with E-state index in [2.05, 4.69) is 23.6 Å². The maximum absolute atomic E-state index is 6.19. The van der Waals surface area contributed by atoms with Gasteiger partial charge in [-0.3, -0.25) is 0 Å². The molecule has 19 heavy (non-hydrogen) atoms. The molecule has 2 rings (SSSR count). The van der Waals surface area contributed by atoms with E-state index >= 15 is 0 Å². The molecule has 3 N–H and O–H groups in total. The Kier molecular flexibility index (Phi) is 5.02. The molecule has 0 spiro atoms. The Morgan fingerprint density at radius 2 is 2.16 bits per heavy atom. The number of nitrogens with two attached hydrogens (primary N) is 1. The molecule has 0 amide bonds. The van der Waals surface area contributed by atoms with Gasteiger partial charge in [0.25, 0.3) is 0 Å². The second-order valence-corrected chi connectivity index (χ2v) is 6.46. The lowest BCUT2D eigenvalue weighted by Crippen LogP contribution is -2.35. The Bertz CT molecular complexity index is 416. The van der Waals surface area contributed by atoms with Crippen LogP contribution < -0.4 is 11.1 Å². The van der Waals surface area contributed by atoms with E-state index in [1.54, 1.807) is 0 Å². The SMILES string of the molecule is CCCn1nc(C)c(N)c1NC1CCCCC1SC. The van der Waals surface area contributed by atoms with Gasteiger partial charge in [0.05, 0.1) is 11.4 Å². The third-order valence-corrected chi connectivity index (χ3v) is 5.11. The van der Waals surface area contributed by atoms with Gasteiger partial charge in [-0.2, -0.15) is 16.9 Å². The fraction of sp³-hybridized carbons (Fsp3) is 0.786. The smallest absolute Gasteiger partial charge is 0.148 e. The first-order chi connectivity index (χ1) is 9.17. The number of hydrogen-bond acceptors (Lipinski definition) is 4. The molecule has 4 nitrogen and oxygen atoms in total. The Morgan fingerprint density at radius 1 is 1.42 bits per heavy atom. The van der Waals surface area contributed by atoms with Gasteiger partial charge in [0.2, 0.25) is 0 Å². The number of nitrogens with one attached hydrogen (secondary N) is 1. The van der Waals surface area contributed by atoms with Crippen molar-refractivity contribution in [2.24, 2.45) is 0 Å². The predicted molar refractivity (Wildman–Crippen MR) is 84.8 cm³/mol. The van der Waals surface area contributed by atoms with Gasteiger partial charge in [0.1, 0.15) is 5.82 Å². The maximum atomic E-state index is 6.19. The van der Waals surface area contributed by atoms with Crippen molar-refractivity contribution in [3.05, 3.63) is 5.69 Å². The van der Waals surface area contributed by atoms with Crippen molar-refractivity contribution in [2.75, 3.05) is 17.3 Å². The van der Waals surface area contributed by atoms with Crippen LogP contribution in [0.25, 0.3) is 0 Å². The second kappa shape index (κ2) is 6.55. The first-order valence-corrected chi connectivity index (χ1v) is 8.58. The summed E-state index contributed by atoms with van der Waals surface area (Å²) in [7, 11) is 0. The van der Waals surface area contributed by atoms with Crippen LogP contribution in [0.3, 0.4) is 0 Å². The van der Waals surface area contributed by atoms with Gasteiger partial charge in [0, 0.05) is 17.8 Å².